The molecule has 126 valence electrons. The number of amides is 1. The molecule has 1 atom stereocenters. The lowest BCUT2D eigenvalue weighted by Crippen LogP contribution is -2.32. The average Bonchev–Trinajstić information content (AvgIpc) is 2.94. The molecule has 1 fully saturated rings. The van der Waals surface area contributed by atoms with E-state index in [9.17, 15) is 9.18 Å². The molecule has 1 saturated heterocycles. The highest BCUT2D eigenvalue weighted by Crippen LogP contribution is 2.24. The standard InChI is InChI=1S/C17H17ClFN3O2/c1-10-8-11(2)21-17(20-10)24-12-6-7-22(9-12)16(23)15-13(18)4-3-5-14(15)19/h3-5,8,12H,6-7,9H2,1-2H3/t12-/m0/s1. The number of rotatable bonds is 3. The van der Waals surface area contributed by atoms with Crippen molar-refractivity contribution < 1.29 is 13.9 Å². The summed E-state index contributed by atoms with van der Waals surface area (Å²) in [5.41, 5.74) is 1.55. The highest BCUT2D eigenvalue weighted by atomic mass is 35.5. The van der Waals surface area contributed by atoms with Crippen molar-refractivity contribution in [1.82, 2.24) is 14.9 Å². The van der Waals surface area contributed by atoms with Crippen LogP contribution in [-0.2, 0) is 0 Å². The number of nitrogens with zero attached hydrogens (tertiary/aromatic N) is 3. The van der Waals surface area contributed by atoms with E-state index in [2.05, 4.69) is 9.97 Å². The van der Waals surface area contributed by atoms with Crippen LogP contribution >= 0.6 is 11.6 Å². The van der Waals surface area contributed by atoms with E-state index in [1.54, 1.807) is 0 Å². The molecule has 0 aliphatic carbocycles. The first kappa shape index (κ1) is 16.6. The molecule has 0 bridgehead atoms. The van der Waals surface area contributed by atoms with Gasteiger partial charge in [-0.1, -0.05) is 17.7 Å². The van der Waals surface area contributed by atoms with Crippen LogP contribution in [0.25, 0.3) is 0 Å². The maximum Gasteiger partial charge on any atom is 0.317 e. The minimum atomic E-state index is -0.616. The van der Waals surface area contributed by atoms with Gasteiger partial charge in [-0.3, -0.25) is 4.79 Å². The van der Waals surface area contributed by atoms with Crippen LogP contribution in [0, 0.1) is 19.7 Å². The summed E-state index contributed by atoms with van der Waals surface area (Å²) in [6.07, 6.45) is 0.412. The van der Waals surface area contributed by atoms with E-state index < -0.39 is 11.7 Å². The van der Waals surface area contributed by atoms with Gasteiger partial charge in [0, 0.05) is 24.4 Å². The number of aryl methyl sites for hydroxylation is 2. The Bertz CT molecular complexity index is 744. The van der Waals surface area contributed by atoms with Gasteiger partial charge in [-0.15, -0.1) is 0 Å². The Kier molecular flexibility index (Phi) is 4.66. The van der Waals surface area contributed by atoms with Gasteiger partial charge in [0.15, 0.2) is 0 Å². The minimum Gasteiger partial charge on any atom is -0.458 e. The first-order valence-electron chi connectivity index (χ1n) is 7.66. The Labute approximate surface area is 144 Å². The molecule has 3 rings (SSSR count). The van der Waals surface area contributed by atoms with Crippen LogP contribution < -0.4 is 4.74 Å². The second-order valence-electron chi connectivity index (χ2n) is 5.81. The summed E-state index contributed by atoms with van der Waals surface area (Å²) in [7, 11) is 0. The van der Waals surface area contributed by atoms with Crippen molar-refractivity contribution in [1.29, 1.82) is 0 Å². The van der Waals surface area contributed by atoms with Gasteiger partial charge < -0.3 is 9.64 Å². The third-order valence-corrected chi connectivity index (χ3v) is 4.16. The number of benzene rings is 1. The smallest absolute Gasteiger partial charge is 0.317 e. The van der Waals surface area contributed by atoms with E-state index in [1.807, 2.05) is 19.9 Å². The minimum absolute atomic E-state index is 0.0949. The third kappa shape index (κ3) is 3.48. The van der Waals surface area contributed by atoms with E-state index in [-0.39, 0.29) is 16.7 Å². The summed E-state index contributed by atoms with van der Waals surface area (Å²) in [5, 5.41) is 0.113. The lowest BCUT2D eigenvalue weighted by molar-refractivity contribution is 0.0765. The molecule has 2 heterocycles. The molecule has 1 aromatic heterocycles. The fourth-order valence-electron chi connectivity index (χ4n) is 2.76. The summed E-state index contributed by atoms with van der Waals surface area (Å²) in [4.78, 5) is 22.5. The van der Waals surface area contributed by atoms with E-state index in [0.717, 1.165) is 11.4 Å². The van der Waals surface area contributed by atoms with E-state index >= 15 is 0 Å². The Hall–Kier alpha value is -2.21. The predicted octanol–water partition coefficient (Wildman–Crippen LogP) is 3.18. The lowest BCUT2D eigenvalue weighted by Gasteiger charge is -2.18. The largest absolute Gasteiger partial charge is 0.458 e. The van der Waals surface area contributed by atoms with E-state index in [1.165, 1.54) is 23.1 Å². The van der Waals surface area contributed by atoms with Crippen LogP contribution in [-0.4, -0.2) is 40.0 Å². The molecule has 1 aliphatic heterocycles. The van der Waals surface area contributed by atoms with Crippen LogP contribution in [0.15, 0.2) is 24.3 Å². The molecular formula is C17H17ClFN3O2. The van der Waals surface area contributed by atoms with Gasteiger partial charge in [0.05, 0.1) is 17.1 Å². The van der Waals surface area contributed by atoms with Crippen LogP contribution in [0.3, 0.4) is 0 Å². The Morgan fingerprint density at radius 3 is 2.71 bits per heavy atom. The van der Waals surface area contributed by atoms with Gasteiger partial charge in [0.1, 0.15) is 11.9 Å². The summed E-state index contributed by atoms with van der Waals surface area (Å²) < 4.78 is 19.7. The molecule has 24 heavy (non-hydrogen) atoms. The fourth-order valence-corrected chi connectivity index (χ4v) is 3.01. The number of halogens is 2. The average molecular weight is 350 g/mol. The molecule has 0 saturated carbocycles. The molecule has 1 aliphatic rings. The number of likely N-dealkylation sites (tertiary alicyclic amines) is 1. The number of hydrogen-bond acceptors (Lipinski definition) is 4. The summed E-state index contributed by atoms with van der Waals surface area (Å²) in [6, 6.07) is 6.37. The van der Waals surface area contributed by atoms with Crippen molar-refractivity contribution >= 4 is 17.5 Å². The summed E-state index contributed by atoms with van der Waals surface area (Å²) in [6.45, 7) is 4.55. The topological polar surface area (TPSA) is 55.3 Å². The van der Waals surface area contributed by atoms with E-state index in [4.69, 9.17) is 16.3 Å². The highest BCUT2D eigenvalue weighted by molar-refractivity contribution is 6.33. The molecule has 5 nitrogen and oxygen atoms in total. The molecule has 1 amide bonds. The fraction of sp³-hybridized carbons (Fsp3) is 0.353. The maximum absolute atomic E-state index is 13.9. The van der Waals surface area contributed by atoms with Crippen molar-refractivity contribution in [2.24, 2.45) is 0 Å². The number of aromatic nitrogens is 2. The van der Waals surface area contributed by atoms with Gasteiger partial charge in [-0.25, -0.2) is 14.4 Å². The second kappa shape index (κ2) is 6.73. The van der Waals surface area contributed by atoms with Crippen molar-refractivity contribution in [3.63, 3.8) is 0 Å². The van der Waals surface area contributed by atoms with Crippen molar-refractivity contribution in [2.75, 3.05) is 13.1 Å². The molecule has 2 aromatic rings. The zero-order chi connectivity index (χ0) is 17.3. The maximum atomic E-state index is 13.9. The van der Waals surface area contributed by atoms with Crippen LogP contribution in [0.2, 0.25) is 5.02 Å². The highest BCUT2D eigenvalue weighted by Gasteiger charge is 2.31. The Morgan fingerprint density at radius 2 is 2.04 bits per heavy atom. The number of carbonyl (C=O) groups is 1. The van der Waals surface area contributed by atoms with Crippen molar-refractivity contribution in [3.8, 4) is 6.01 Å². The zero-order valence-electron chi connectivity index (χ0n) is 13.4. The molecule has 0 radical (unpaired) electrons. The summed E-state index contributed by atoms with van der Waals surface area (Å²) >= 11 is 5.97. The first-order chi connectivity index (χ1) is 11.4. The number of ether oxygens (including phenoxy) is 1. The van der Waals surface area contributed by atoms with Gasteiger partial charge in [0.25, 0.3) is 5.91 Å². The molecule has 0 unspecified atom stereocenters. The monoisotopic (exact) mass is 349 g/mol. The molecule has 0 N–H and O–H groups in total. The SMILES string of the molecule is Cc1cc(C)nc(O[C@H]2CCN(C(=O)c3c(F)cccc3Cl)C2)n1. The number of hydrogen-bond donors (Lipinski definition) is 0. The van der Waals surface area contributed by atoms with E-state index in [0.29, 0.717) is 25.5 Å². The Balaban J connectivity index is 1.70. The van der Waals surface area contributed by atoms with Crippen LogP contribution in [0.5, 0.6) is 6.01 Å². The van der Waals surface area contributed by atoms with Gasteiger partial charge >= 0.3 is 6.01 Å². The quantitative estimate of drug-likeness (QED) is 0.854. The van der Waals surface area contributed by atoms with Gasteiger partial charge in [-0.2, -0.15) is 0 Å². The van der Waals surface area contributed by atoms with Crippen LogP contribution in [0.4, 0.5) is 4.39 Å². The molecular weight excluding hydrogens is 333 g/mol. The Morgan fingerprint density at radius 1 is 1.33 bits per heavy atom. The first-order valence-corrected chi connectivity index (χ1v) is 8.04. The number of carbonyl (C=O) groups excluding carboxylic acids is 1. The van der Waals surface area contributed by atoms with Crippen molar-refractivity contribution in [2.45, 2.75) is 26.4 Å². The van der Waals surface area contributed by atoms with Crippen LogP contribution in [0.1, 0.15) is 28.2 Å². The normalized spacial score (nSPS) is 17.2. The molecule has 0 spiro atoms. The second-order valence-corrected chi connectivity index (χ2v) is 6.22. The summed E-state index contributed by atoms with van der Waals surface area (Å²) in [5.74, 6) is -1.04. The van der Waals surface area contributed by atoms with Crippen molar-refractivity contribution in [3.05, 3.63) is 52.1 Å². The van der Waals surface area contributed by atoms with Gasteiger partial charge in [-0.05, 0) is 32.0 Å². The zero-order valence-corrected chi connectivity index (χ0v) is 14.2. The van der Waals surface area contributed by atoms with Gasteiger partial charge in [0.2, 0.25) is 0 Å². The lowest BCUT2D eigenvalue weighted by atomic mass is 10.2. The third-order valence-electron chi connectivity index (χ3n) is 3.84. The molecule has 7 heteroatoms. The predicted molar refractivity (Wildman–Crippen MR) is 87.9 cm³/mol. The molecule has 1 aromatic carbocycles.